The molecule has 0 aliphatic rings. The van der Waals surface area contributed by atoms with E-state index in [0.29, 0.717) is 4.88 Å². The Kier molecular flexibility index (Phi) is 4.48. The minimum atomic E-state index is -1.10. The van der Waals surface area contributed by atoms with Crippen molar-refractivity contribution in [1.82, 2.24) is 5.06 Å². The van der Waals surface area contributed by atoms with Gasteiger partial charge in [0.25, 0.3) is 5.91 Å². The van der Waals surface area contributed by atoms with E-state index in [9.17, 15) is 9.59 Å². The number of aryl methyl sites for hydroxylation is 1. The van der Waals surface area contributed by atoms with Crippen LogP contribution in [0.5, 0.6) is 0 Å². The summed E-state index contributed by atoms with van der Waals surface area (Å²) in [6.45, 7) is 7.13. The van der Waals surface area contributed by atoms with Gasteiger partial charge >= 0.3 is 5.97 Å². The zero-order valence-electron chi connectivity index (χ0n) is 11.1. The lowest BCUT2D eigenvalue weighted by Gasteiger charge is -2.23. The van der Waals surface area contributed by atoms with Crippen LogP contribution in [0.2, 0.25) is 0 Å². The lowest BCUT2D eigenvalue weighted by atomic mass is 10.1. The number of hydrogen-bond acceptors (Lipinski definition) is 4. The maximum Gasteiger partial charge on any atom is 0.328 e. The number of amides is 1. The predicted molar refractivity (Wildman–Crippen MR) is 68.8 cm³/mol. The second-order valence-electron chi connectivity index (χ2n) is 4.07. The van der Waals surface area contributed by atoms with Crippen LogP contribution in [0.15, 0.2) is 0 Å². The summed E-state index contributed by atoms with van der Waals surface area (Å²) in [6, 6.07) is -1.02. The van der Waals surface area contributed by atoms with Gasteiger partial charge in [0.05, 0.1) is 12.0 Å². The normalized spacial score (nSPS) is 12.3. The molecule has 18 heavy (non-hydrogen) atoms. The van der Waals surface area contributed by atoms with Crippen LogP contribution in [0.25, 0.3) is 0 Å². The number of carboxylic acid groups (broad SMARTS) is 1. The van der Waals surface area contributed by atoms with Crippen molar-refractivity contribution in [2.75, 3.05) is 7.11 Å². The van der Waals surface area contributed by atoms with E-state index in [0.717, 1.165) is 21.1 Å². The van der Waals surface area contributed by atoms with Crippen LogP contribution < -0.4 is 0 Å². The number of hydrogen-bond donors (Lipinski definition) is 1. The molecule has 0 radical (unpaired) electrons. The highest BCUT2D eigenvalue weighted by Crippen LogP contribution is 2.28. The standard InChI is InChI=1S/C12H17NO4S/c1-6-7(2)10(18-9(6)4)11(14)13(17-5)8(3)12(15)16/h8H,1-5H3,(H,15,16). The van der Waals surface area contributed by atoms with Crippen molar-refractivity contribution in [2.24, 2.45) is 0 Å². The highest BCUT2D eigenvalue weighted by atomic mass is 32.1. The van der Waals surface area contributed by atoms with Crippen molar-refractivity contribution in [1.29, 1.82) is 0 Å². The molecule has 100 valence electrons. The maximum absolute atomic E-state index is 12.3. The molecule has 0 bridgehead atoms. The largest absolute Gasteiger partial charge is 0.480 e. The van der Waals surface area contributed by atoms with E-state index in [2.05, 4.69) is 0 Å². The first kappa shape index (κ1) is 14.7. The average molecular weight is 271 g/mol. The third-order valence-electron chi connectivity index (χ3n) is 2.99. The molecule has 1 aromatic heterocycles. The van der Waals surface area contributed by atoms with Gasteiger partial charge in [0.2, 0.25) is 0 Å². The highest BCUT2D eigenvalue weighted by Gasteiger charge is 2.29. The van der Waals surface area contributed by atoms with Crippen molar-refractivity contribution >= 4 is 23.2 Å². The summed E-state index contributed by atoms with van der Waals surface area (Å²) in [5.74, 6) is -1.51. The average Bonchev–Trinajstić information content (AvgIpc) is 2.57. The van der Waals surface area contributed by atoms with Crippen LogP contribution in [0.4, 0.5) is 0 Å². The van der Waals surface area contributed by atoms with Gasteiger partial charge < -0.3 is 5.11 Å². The molecule has 0 aliphatic heterocycles. The molecule has 1 rings (SSSR count). The summed E-state index contributed by atoms with van der Waals surface area (Å²) in [6.07, 6.45) is 0. The van der Waals surface area contributed by atoms with E-state index < -0.39 is 17.9 Å². The van der Waals surface area contributed by atoms with Crippen LogP contribution >= 0.6 is 11.3 Å². The Morgan fingerprint density at radius 1 is 1.28 bits per heavy atom. The molecule has 1 N–H and O–H groups in total. The van der Waals surface area contributed by atoms with E-state index in [1.165, 1.54) is 25.4 Å². The van der Waals surface area contributed by atoms with Crippen molar-refractivity contribution in [2.45, 2.75) is 33.7 Å². The first-order chi connectivity index (χ1) is 8.31. The summed E-state index contributed by atoms with van der Waals surface area (Å²) in [4.78, 5) is 29.7. The quantitative estimate of drug-likeness (QED) is 0.852. The molecule has 1 aromatic rings. The van der Waals surface area contributed by atoms with Crippen molar-refractivity contribution in [3.05, 3.63) is 20.9 Å². The van der Waals surface area contributed by atoms with Crippen molar-refractivity contribution < 1.29 is 19.5 Å². The van der Waals surface area contributed by atoms with Crippen LogP contribution in [-0.4, -0.2) is 35.2 Å². The Hall–Kier alpha value is -1.40. The van der Waals surface area contributed by atoms with Crippen molar-refractivity contribution in [3.8, 4) is 0 Å². The molecule has 0 aliphatic carbocycles. The van der Waals surface area contributed by atoms with E-state index in [-0.39, 0.29) is 0 Å². The molecule has 0 aromatic carbocycles. The number of carbonyl (C=O) groups excluding carboxylic acids is 1. The fourth-order valence-corrected chi connectivity index (χ4v) is 2.66. The number of carboxylic acids is 1. The van der Waals surface area contributed by atoms with E-state index in [4.69, 9.17) is 9.94 Å². The van der Waals surface area contributed by atoms with Crippen LogP contribution in [0.3, 0.4) is 0 Å². The molecular weight excluding hydrogens is 254 g/mol. The third-order valence-corrected chi connectivity index (χ3v) is 4.28. The summed E-state index contributed by atoms with van der Waals surface area (Å²) >= 11 is 1.36. The Morgan fingerprint density at radius 3 is 2.17 bits per heavy atom. The number of thiophene rings is 1. The van der Waals surface area contributed by atoms with Crippen LogP contribution in [-0.2, 0) is 9.63 Å². The fourth-order valence-electron chi connectivity index (χ4n) is 1.56. The minimum absolute atomic E-state index is 0.411. The summed E-state index contributed by atoms with van der Waals surface area (Å²) in [7, 11) is 1.29. The summed E-state index contributed by atoms with van der Waals surface area (Å²) < 4.78 is 0. The van der Waals surface area contributed by atoms with E-state index in [1.54, 1.807) is 0 Å². The third kappa shape index (κ3) is 2.54. The minimum Gasteiger partial charge on any atom is -0.480 e. The molecule has 0 saturated heterocycles. The van der Waals surface area contributed by atoms with Gasteiger partial charge in [-0.3, -0.25) is 9.63 Å². The SMILES string of the molecule is CON(C(=O)c1sc(C)c(C)c1C)C(C)C(=O)O. The smallest absolute Gasteiger partial charge is 0.328 e. The molecule has 0 saturated carbocycles. The van der Waals surface area contributed by atoms with Crippen LogP contribution in [0, 0.1) is 20.8 Å². The Bertz CT molecular complexity index is 481. The molecule has 1 unspecified atom stereocenters. The monoisotopic (exact) mass is 271 g/mol. The molecular formula is C12H17NO4S. The molecule has 1 amide bonds. The van der Waals surface area contributed by atoms with Gasteiger partial charge in [-0.1, -0.05) is 0 Å². The van der Waals surface area contributed by atoms with E-state index in [1.807, 2.05) is 20.8 Å². The first-order valence-electron chi connectivity index (χ1n) is 5.48. The zero-order valence-corrected chi connectivity index (χ0v) is 11.9. The van der Waals surface area contributed by atoms with Gasteiger partial charge in [-0.05, 0) is 38.8 Å². The zero-order chi connectivity index (χ0) is 14.0. The Morgan fingerprint density at radius 2 is 1.83 bits per heavy atom. The number of carbonyl (C=O) groups is 2. The molecule has 0 spiro atoms. The fraction of sp³-hybridized carbons (Fsp3) is 0.500. The molecule has 1 heterocycles. The molecule has 5 nitrogen and oxygen atoms in total. The predicted octanol–water partition coefficient (Wildman–Crippen LogP) is 2.15. The van der Waals surface area contributed by atoms with Gasteiger partial charge in [0.1, 0.15) is 0 Å². The second kappa shape index (κ2) is 5.49. The number of nitrogens with zero attached hydrogens (tertiary/aromatic N) is 1. The topological polar surface area (TPSA) is 66.8 Å². The van der Waals surface area contributed by atoms with Gasteiger partial charge in [-0.2, -0.15) is 0 Å². The van der Waals surface area contributed by atoms with Crippen molar-refractivity contribution in [3.63, 3.8) is 0 Å². The molecule has 0 fully saturated rings. The highest BCUT2D eigenvalue weighted by molar-refractivity contribution is 7.14. The Balaban J connectivity index is 3.11. The van der Waals surface area contributed by atoms with Gasteiger partial charge in [-0.25, -0.2) is 9.86 Å². The summed E-state index contributed by atoms with van der Waals surface area (Å²) in [5.41, 5.74) is 1.93. The Labute approximate surface area is 110 Å². The number of hydroxylamine groups is 2. The first-order valence-corrected chi connectivity index (χ1v) is 6.30. The van der Waals surface area contributed by atoms with E-state index >= 15 is 0 Å². The summed E-state index contributed by atoms with van der Waals surface area (Å²) in [5, 5.41) is 9.83. The number of rotatable bonds is 4. The lowest BCUT2D eigenvalue weighted by Crippen LogP contribution is -2.42. The van der Waals surface area contributed by atoms with Gasteiger partial charge in [0.15, 0.2) is 6.04 Å². The number of aliphatic carboxylic acids is 1. The second-order valence-corrected chi connectivity index (χ2v) is 5.29. The molecule has 6 heteroatoms. The van der Waals surface area contributed by atoms with Crippen LogP contribution in [0.1, 0.15) is 32.6 Å². The van der Waals surface area contributed by atoms with Gasteiger partial charge in [-0.15, -0.1) is 11.3 Å². The lowest BCUT2D eigenvalue weighted by molar-refractivity contribution is -0.163. The van der Waals surface area contributed by atoms with Gasteiger partial charge in [0, 0.05) is 4.88 Å². The maximum atomic E-state index is 12.3. The molecule has 1 atom stereocenters.